The van der Waals surface area contributed by atoms with Gasteiger partial charge in [0.2, 0.25) is 0 Å². The summed E-state index contributed by atoms with van der Waals surface area (Å²) in [4.78, 5) is 21.1. The fraction of sp³-hybridized carbons (Fsp3) is 0.0909. The number of hydrogen-bond acceptors (Lipinski definition) is 3. The number of benzene rings is 1. The number of allylic oxidation sites excluding steroid dienone is 1. The third kappa shape index (κ3) is 3.36. The van der Waals surface area contributed by atoms with Crippen LogP contribution in [0, 0.1) is 0 Å². The maximum atomic E-state index is 11.1. The maximum Gasteiger partial charge on any atom is 0.265 e. The summed E-state index contributed by atoms with van der Waals surface area (Å²) in [5, 5.41) is 0. The van der Waals surface area contributed by atoms with Crippen LogP contribution in [-0.2, 0) is 4.79 Å². The highest BCUT2D eigenvalue weighted by Crippen LogP contribution is 2.06. The zero-order valence-electron chi connectivity index (χ0n) is 8.14. The summed E-state index contributed by atoms with van der Waals surface area (Å²) < 4.78 is 0. The molecule has 0 atom stereocenters. The Bertz CT molecular complexity index is 369. The molecule has 4 heteroatoms. The van der Waals surface area contributed by atoms with Gasteiger partial charge in [0.05, 0.1) is 0 Å². The van der Waals surface area contributed by atoms with Crippen molar-refractivity contribution in [3.05, 3.63) is 41.5 Å². The zero-order chi connectivity index (χ0) is 11.1. The smallest absolute Gasteiger partial charge is 0.265 e. The Hall–Kier alpha value is -1.94. The number of rotatable bonds is 4. The van der Waals surface area contributed by atoms with Crippen molar-refractivity contribution in [3.63, 3.8) is 0 Å². The lowest BCUT2D eigenvalue weighted by Crippen LogP contribution is -2.29. The molecule has 0 aromatic heterocycles. The number of carbonyl (C=O) groups excluding carboxylic acids is 2. The average molecular weight is 204 g/mol. The van der Waals surface area contributed by atoms with E-state index < -0.39 is 0 Å². The van der Waals surface area contributed by atoms with Crippen LogP contribution in [0.25, 0.3) is 6.08 Å². The highest BCUT2D eigenvalue weighted by Gasteiger charge is 2.00. The number of amides is 1. The van der Waals surface area contributed by atoms with E-state index in [4.69, 9.17) is 5.84 Å². The first-order valence-corrected chi connectivity index (χ1v) is 4.49. The molecule has 0 spiro atoms. The SMILES string of the molecule is NNC(=O)c1ccc(C=CCC=O)cc1. The van der Waals surface area contributed by atoms with Gasteiger partial charge in [-0.25, -0.2) is 5.84 Å². The Kier molecular flexibility index (Phi) is 4.25. The fourth-order valence-electron chi connectivity index (χ4n) is 1.09. The second-order valence-electron chi connectivity index (χ2n) is 2.90. The number of carbonyl (C=O) groups is 2. The summed E-state index contributed by atoms with van der Waals surface area (Å²) in [6.07, 6.45) is 4.79. The van der Waals surface area contributed by atoms with Crippen LogP contribution in [0.4, 0.5) is 0 Å². The summed E-state index contributed by atoms with van der Waals surface area (Å²) >= 11 is 0. The lowest BCUT2D eigenvalue weighted by atomic mass is 10.1. The van der Waals surface area contributed by atoms with Crippen molar-refractivity contribution in [3.8, 4) is 0 Å². The molecule has 15 heavy (non-hydrogen) atoms. The van der Waals surface area contributed by atoms with Gasteiger partial charge in [-0.15, -0.1) is 0 Å². The van der Waals surface area contributed by atoms with E-state index in [1.165, 1.54) is 0 Å². The second-order valence-corrected chi connectivity index (χ2v) is 2.90. The van der Waals surface area contributed by atoms with Crippen LogP contribution < -0.4 is 11.3 Å². The van der Waals surface area contributed by atoms with Crippen LogP contribution in [-0.4, -0.2) is 12.2 Å². The zero-order valence-corrected chi connectivity index (χ0v) is 8.14. The third-order valence-electron chi connectivity index (χ3n) is 1.85. The summed E-state index contributed by atoms with van der Waals surface area (Å²) in [5.41, 5.74) is 3.49. The molecule has 0 saturated carbocycles. The summed E-state index contributed by atoms with van der Waals surface area (Å²) in [6.45, 7) is 0. The topological polar surface area (TPSA) is 72.2 Å². The molecule has 0 unspecified atom stereocenters. The minimum atomic E-state index is -0.321. The predicted molar refractivity (Wildman–Crippen MR) is 57.8 cm³/mol. The second kappa shape index (κ2) is 5.72. The highest BCUT2D eigenvalue weighted by molar-refractivity contribution is 5.93. The Morgan fingerprint density at radius 3 is 2.53 bits per heavy atom. The highest BCUT2D eigenvalue weighted by atomic mass is 16.2. The molecule has 0 fully saturated rings. The standard InChI is InChI=1S/C11H12N2O2/c12-13-11(15)10-6-4-9(5-7-10)3-1-2-8-14/h1,3-8H,2,12H2,(H,13,15). The third-order valence-corrected chi connectivity index (χ3v) is 1.85. The van der Waals surface area contributed by atoms with Gasteiger partial charge < -0.3 is 4.79 Å². The van der Waals surface area contributed by atoms with Crippen LogP contribution in [0.15, 0.2) is 30.3 Å². The molecule has 1 aromatic rings. The summed E-state index contributed by atoms with van der Waals surface area (Å²) in [5.74, 6) is 4.67. The molecule has 1 rings (SSSR count). The largest absolute Gasteiger partial charge is 0.303 e. The minimum absolute atomic E-state index is 0.321. The van der Waals surface area contributed by atoms with Gasteiger partial charge in [-0.1, -0.05) is 24.3 Å². The number of nitrogen functional groups attached to an aromatic ring is 1. The Labute approximate surface area is 87.7 Å². The minimum Gasteiger partial charge on any atom is -0.303 e. The molecule has 0 radical (unpaired) electrons. The van der Waals surface area contributed by atoms with Crippen molar-refractivity contribution in [2.24, 2.45) is 5.84 Å². The average Bonchev–Trinajstić information content (AvgIpc) is 2.29. The molecule has 78 valence electrons. The summed E-state index contributed by atoms with van der Waals surface area (Å²) in [6, 6.07) is 6.91. The van der Waals surface area contributed by atoms with Crippen LogP contribution in [0.3, 0.4) is 0 Å². The van der Waals surface area contributed by atoms with Crippen LogP contribution >= 0.6 is 0 Å². The molecule has 4 nitrogen and oxygen atoms in total. The quantitative estimate of drug-likeness (QED) is 0.331. The molecule has 0 heterocycles. The van der Waals surface area contributed by atoms with Crippen molar-refractivity contribution in [1.82, 2.24) is 5.43 Å². The van der Waals surface area contributed by atoms with Crippen LogP contribution in [0.1, 0.15) is 22.3 Å². The maximum absolute atomic E-state index is 11.1. The van der Waals surface area contributed by atoms with E-state index in [2.05, 4.69) is 0 Å². The number of nitrogens with one attached hydrogen (secondary N) is 1. The van der Waals surface area contributed by atoms with E-state index >= 15 is 0 Å². The molecule has 0 aliphatic rings. The monoisotopic (exact) mass is 204 g/mol. The van der Waals surface area contributed by atoms with Gasteiger partial charge in [0.15, 0.2) is 0 Å². The van der Waals surface area contributed by atoms with Gasteiger partial charge in [0.25, 0.3) is 5.91 Å². The summed E-state index contributed by atoms with van der Waals surface area (Å²) in [7, 11) is 0. The van der Waals surface area contributed by atoms with Gasteiger partial charge in [0.1, 0.15) is 6.29 Å². The van der Waals surface area contributed by atoms with E-state index in [1.807, 2.05) is 11.5 Å². The molecular weight excluding hydrogens is 192 g/mol. The Balaban J connectivity index is 2.72. The first-order valence-electron chi connectivity index (χ1n) is 4.49. The number of hydrazine groups is 1. The molecule has 0 aliphatic carbocycles. The molecule has 0 saturated heterocycles. The fourth-order valence-corrected chi connectivity index (χ4v) is 1.09. The van der Waals surface area contributed by atoms with E-state index in [0.717, 1.165) is 11.8 Å². The van der Waals surface area contributed by atoms with Gasteiger partial charge in [-0.2, -0.15) is 0 Å². The first-order chi connectivity index (χ1) is 7.27. The van der Waals surface area contributed by atoms with Crippen molar-refractivity contribution in [2.75, 3.05) is 0 Å². The van der Waals surface area contributed by atoms with Gasteiger partial charge in [-0.05, 0) is 17.7 Å². The Morgan fingerprint density at radius 2 is 2.00 bits per heavy atom. The van der Waals surface area contributed by atoms with Gasteiger partial charge in [0, 0.05) is 12.0 Å². The molecule has 3 N–H and O–H groups in total. The van der Waals surface area contributed by atoms with E-state index in [1.54, 1.807) is 30.3 Å². The van der Waals surface area contributed by atoms with E-state index in [-0.39, 0.29) is 5.91 Å². The molecule has 1 aromatic carbocycles. The normalized spacial score (nSPS) is 10.2. The van der Waals surface area contributed by atoms with Crippen molar-refractivity contribution >= 4 is 18.3 Å². The molecule has 1 amide bonds. The van der Waals surface area contributed by atoms with Crippen molar-refractivity contribution in [2.45, 2.75) is 6.42 Å². The van der Waals surface area contributed by atoms with E-state index in [9.17, 15) is 9.59 Å². The lowest BCUT2D eigenvalue weighted by Gasteiger charge is -1.99. The van der Waals surface area contributed by atoms with Gasteiger partial charge in [-0.3, -0.25) is 10.2 Å². The predicted octanol–water partition coefficient (Wildman–Crippen LogP) is 0.892. The number of hydrogen-bond donors (Lipinski definition) is 2. The molecule has 0 aliphatic heterocycles. The first kappa shape index (κ1) is 11.1. The van der Waals surface area contributed by atoms with Crippen LogP contribution in [0.5, 0.6) is 0 Å². The van der Waals surface area contributed by atoms with Crippen LogP contribution in [0.2, 0.25) is 0 Å². The van der Waals surface area contributed by atoms with Crippen molar-refractivity contribution < 1.29 is 9.59 Å². The number of nitrogens with two attached hydrogens (primary N) is 1. The van der Waals surface area contributed by atoms with Crippen molar-refractivity contribution in [1.29, 1.82) is 0 Å². The molecule has 0 bridgehead atoms. The lowest BCUT2D eigenvalue weighted by molar-refractivity contribution is -0.107. The van der Waals surface area contributed by atoms with E-state index in [0.29, 0.717) is 12.0 Å². The molecular formula is C11H12N2O2. The Morgan fingerprint density at radius 1 is 1.33 bits per heavy atom. The number of aldehydes is 1. The van der Waals surface area contributed by atoms with Gasteiger partial charge >= 0.3 is 0 Å².